The third-order valence-electron chi connectivity index (χ3n) is 2.34. The van der Waals surface area contributed by atoms with Gasteiger partial charge in [0.15, 0.2) is 0 Å². The average molecular weight is 281 g/mol. The molecule has 1 heterocycles. The Balaban J connectivity index is 2.77. The van der Waals surface area contributed by atoms with Crippen molar-refractivity contribution in [3.05, 3.63) is 0 Å². The third-order valence-corrected chi connectivity index (χ3v) is 2.34. The van der Waals surface area contributed by atoms with Gasteiger partial charge in [0.2, 0.25) is 23.8 Å². The Bertz CT molecular complexity index is 436. The molecule has 0 bridgehead atoms. The smallest absolute Gasteiger partial charge is 0.239 e. The number of hydrogen-bond donors (Lipinski definition) is 3. The minimum Gasteiger partial charge on any atom is -0.355 e. The van der Waals surface area contributed by atoms with Crippen LogP contribution in [0.25, 0.3) is 0 Å². The molecule has 3 N–H and O–H groups in total. The largest absolute Gasteiger partial charge is 0.355 e. The predicted octanol–water partition coefficient (Wildman–Crippen LogP) is 0.308. The van der Waals surface area contributed by atoms with Crippen LogP contribution in [0.4, 0.5) is 17.8 Å². The predicted molar refractivity (Wildman–Crippen MR) is 80.1 cm³/mol. The zero-order chi connectivity index (χ0) is 15.0. The molecule has 0 radical (unpaired) electrons. The maximum atomic E-state index is 11.4. The minimum atomic E-state index is -0.0950. The molecule has 8 nitrogen and oxygen atoms in total. The van der Waals surface area contributed by atoms with Crippen LogP contribution in [0, 0.1) is 0 Å². The number of likely N-dealkylation sites (N-methyl/N-ethyl adjacent to an activating group) is 1. The summed E-state index contributed by atoms with van der Waals surface area (Å²) in [7, 11) is 3.71. The number of anilines is 3. The third kappa shape index (κ3) is 5.25. The molecule has 1 aromatic heterocycles. The van der Waals surface area contributed by atoms with Crippen LogP contribution < -0.4 is 20.9 Å². The Morgan fingerprint density at radius 1 is 1.10 bits per heavy atom. The Hall–Kier alpha value is -2.12. The van der Waals surface area contributed by atoms with Crippen LogP contribution >= 0.6 is 0 Å². The lowest BCUT2D eigenvalue weighted by molar-refractivity contribution is -0.119. The zero-order valence-corrected chi connectivity index (χ0v) is 12.5. The molecule has 0 aliphatic rings. The fourth-order valence-electron chi connectivity index (χ4n) is 1.38. The number of hydrogen-bond acceptors (Lipinski definition) is 7. The van der Waals surface area contributed by atoms with Crippen molar-refractivity contribution >= 4 is 23.8 Å². The molecule has 0 aliphatic heterocycles. The molecular weight excluding hydrogens is 258 g/mol. The topological polar surface area (TPSA) is 95.1 Å². The van der Waals surface area contributed by atoms with Gasteiger partial charge in [-0.3, -0.25) is 4.79 Å². The summed E-state index contributed by atoms with van der Waals surface area (Å²) in [5.41, 5.74) is 0. The number of amides is 1. The molecule has 0 saturated carbocycles. The molecule has 20 heavy (non-hydrogen) atoms. The summed E-state index contributed by atoms with van der Waals surface area (Å²) in [5.74, 6) is 1.33. The fraction of sp³-hybridized carbons (Fsp3) is 0.667. The first-order valence-electron chi connectivity index (χ1n) is 6.74. The summed E-state index contributed by atoms with van der Waals surface area (Å²) in [6.45, 7) is 5.46. The lowest BCUT2D eigenvalue weighted by Crippen LogP contribution is -2.30. The van der Waals surface area contributed by atoms with E-state index in [1.807, 2.05) is 21.0 Å². The van der Waals surface area contributed by atoms with Crippen molar-refractivity contribution in [1.29, 1.82) is 0 Å². The first-order chi connectivity index (χ1) is 9.56. The van der Waals surface area contributed by atoms with E-state index < -0.39 is 0 Å². The fourth-order valence-corrected chi connectivity index (χ4v) is 1.38. The van der Waals surface area contributed by atoms with Gasteiger partial charge in [0.25, 0.3) is 0 Å². The maximum absolute atomic E-state index is 11.4. The van der Waals surface area contributed by atoms with Crippen LogP contribution in [-0.2, 0) is 4.79 Å². The van der Waals surface area contributed by atoms with Gasteiger partial charge in [0, 0.05) is 27.2 Å². The Morgan fingerprint density at radius 2 is 1.75 bits per heavy atom. The highest BCUT2D eigenvalue weighted by atomic mass is 16.1. The summed E-state index contributed by atoms with van der Waals surface area (Å²) in [5, 5.41) is 8.72. The lowest BCUT2D eigenvalue weighted by atomic mass is 10.5. The van der Waals surface area contributed by atoms with Gasteiger partial charge in [-0.2, -0.15) is 15.0 Å². The van der Waals surface area contributed by atoms with Gasteiger partial charge in [0.05, 0.1) is 6.54 Å². The molecule has 0 aliphatic carbocycles. The van der Waals surface area contributed by atoms with E-state index >= 15 is 0 Å². The summed E-state index contributed by atoms with van der Waals surface area (Å²) in [6.07, 6.45) is 0.977. The molecule has 0 saturated heterocycles. The summed E-state index contributed by atoms with van der Waals surface area (Å²) < 4.78 is 0. The number of carbonyl (C=O) groups is 1. The molecule has 112 valence electrons. The number of carbonyl (C=O) groups excluding carboxylic acids is 1. The van der Waals surface area contributed by atoms with E-state index in [1.165, 1.54) is 0 Å². The first-order valence-corrected chi connectivity index (χ1v) is 6.74. The van der Waals surface area contributed by atoms with Crippen LogP contribution in [0.5, 0.6) is 0 Å². The SMILES string of the molecule is CCCNc1nc(NCC(=O)NCC)nc(N(C)C)n1. The van der Waals surface area contributed by atoms with Crippen LogP contribution in [0.1, 0.15) is 20.3 Å². The van der Waals surface area contributed by atoms with Crippen LogP contribution in [0.15, 0.2) is 0 Å². The van der Waals surface area contributed by atoms with Gasteiger partial charge in [-0.25, -0.2) is 0 Å². The molecule has 1 amide bonds. The van der Waals surface area contributed by atoms with Crippen molar-refractivity contribution in [3.8, 4) is 0 Å². The van der Waals surface area contributed by atoms with Crippen LogP contribution in [0.2, 0.25) is 0 Å². The number of aromatic nitrogens is 3. The van der Waals surface area contributed by atoms with E-state index in [0.717, 1.165) is 13.0 Å². The van der Waals surface area contributed by atoms with E-state index in [-0.39, 0.29) is 12.5 Å². The number of nitrogens with zero attached hydrogens (tertiary/aromatic N) is 4. The molecule has 1 rings (SSSR count). The second kappa shape index (κ2) is 8.13. The lowest BCUT2D eigenvalue weighted by Gasteiger charge is -2.13. The molecular formula is C12H23N7O. The minimum absolute atomic E-state index is 0.0950. The molecule has 1 aromatic rings. The second-order valence-corrected chi connectivity index (χ2v) is 4.41. The monoisotopic (exact) mass is 281 g/mol. The average Bonchev–Trinajstić information content (AvgIpc) is 2.43. The Labute approximate surface area is 119 Å². The van der Waals surface area contributed by atoms with Gasteiger partial charge in [-0.1, -0.05) is 6.92 Å². The molecule has 0 spiro atoms. The van der Waals surface area contributed by atoms with Crippen molar-refractivity contribution in [1.82, 2.24) is 20.3 Å². The van der Waals surface area contributed by atoms with E-state index in [4.69, 9.17) is 0 Å². The maximum Gasteiger partial charge on any atom is 0.239 e. The van der Waals surface area contributed by atoms with Crippen molar-refractivity contribution in [3.63, 3.8) is 0 Å². The van der Waals surface area contributed by atoms with Crippen molar-refractivity contribution in [2.75, 3.05) is 49.3 Å². The highest BCUT2D eigenvalue weighted by Gasteiger charge is 2.08. The van der Waals surface area contributed by atoms with Gasteiger partial charge >= 0.3 is 0 Å². The normalized spacial score (nSPS) is 10.0. The summed E-state index contributed by atoms with van der Waals surface area (Å²) >= 11 is 0. The summed E-state index contributed by atoms with van der Waals surface area (Å²) in [6, 6.07) is 0. The Morgan fingerprint density at radius 3 is 2.30 bits per heavy atom. The molecule has 0 atom stereocenters. The van der Waals surface area contributed by atoms with Crippen molar-refractivity contribution in [2.45, 2.75) is 20.3 Å². The molecule has 0 fully saturated rings. The molecule has 8 heteroatoms. The van der Waals surface area contributed by atoms with E-state index in [1.54, 1.807) is 4.90 Å². The molecule has 0 unspecified atom stereocenters. The number of rotatable bonds is 8. The summed E-state index contributed by atoms with van der Waals surface area (Å²) in [4.78, 5) is 26.0. The van der Waals surface area contributed by atoms with Crippen LogP contribution in [-0.4, -0.2) is 54.6 Å². The first kappa shape index (κ1) is 15.9. The van der Waals surface area contributed by atoms with E-state index in [2.05, 4.69) is 37.8 Å². The standard InChI is InChI=1S/C12H23N7O/c1-5-7-14-10-16-11(15-8-9(20)13-6-2)18-12(17-10)19(3)4/h5-8H2,1-4H3,(H,13,20)(H2,14,15,16,17,18). The quantitative estimate of drug-likeness (QED) is 0.631. The van der Waals surface area contributed by atoms with E-state index in [0.29, 0.717) is 24.4 Å². The van der Waals surface area contributed by atoms with Gasteiger partial charge in [-0.05, 0) is 13.3 Å². The number of nitrogens with one attached hydrogen (secondary N) is 3. The van der Waals surface area contributed by atoms with Gasteiger partial charge < -0.3 is 20.9 Å². The Kier molecular flexibility index (Phi) is 6.48. The highest BCUT2D eigenvalue weighted by Crippen LogP contribution is 2.11. The van der Waals surface area contributed by atoms with E-state index in [9.17, 15) is 4.79 Å². The molecule has 0 aromatic carbocycles. The van der Waals surface area contributed by atoms with Crippen molar-refractivity contribution in [2.24, 2.45) is 0 Å². The second-order valence-electron chi connectivity index (χ2n) is 4.41. The van der Waals surface area contributed by atoms with Crippen molar-refractivity contribution < 1.29 is 4.79 Å². The zero-order valence-electron chi connectivity index (χ0n) is 12.5. The van der Waals surface area contributed by atoms with Gasteiger partial charge in [-0.15, -0.1) is 0 Å². The van der Waals surface area contributed by atoms with Gasteiger partial charge in [0.1, 0.15) is 0 Å². The highest BCUT2D eigenvalue weighted by molar-refractivity contribution is 5.80. The van der Waals surface area contributed by atoms with Crippen LogP contribution in [0.3, 0.4) is 0 Å².